The number of sulfonamides is 1. The number of nitrogens with two attached hydrogens (primary N) is 2. The molecule has 9 heteroatoms. The maximum Gasteiger partial charge on any atom is 0.249 e. The molecule has 0 saturated carbocycles. The van der Waals surface area contributed by atoms with Crippen LogP contribution in [0.1, 0.15) is 13.3 Å². The lowest BCUT2D eigenvalue weighted by molar-refractivity contribution is -0.132. The highest BCUT2D eigenvalue weighted by atomic mass is 32.2. The van der Waals surface area contributed by atoms with Gasteiger partial charge in [-0.2, -0.15) is 0 Å². The first-order valence-corrected chi connectivity index (χ1v) is 7.81. The van der Waals surface area contributed by atoms with E-state index >= 15 is 0 Å². The van der Waals surface area contributed by atoms with Crippen molar-refractivity contribution in [3.63, 3.8) is 0 Å². The number of hydrogen-bond donors (Lipinski definition) is 3. The Kier molecular flexibility index (Phi) is 3.88. The molecule has 0 bridgehead atoms. The molecule has 1 aliphatic rings. The van der Waals surface area contributed by atoms with Gasteiger partial charge in [-0.05, 0) is 24.6 Å². The van der Waals surface area contributed by atoms with E-state index in [1.165, 1.54) is 18.2 Å². The summed E-state index contributed by atoms with van der Waals surface area (Å²) >= 11 is 0. The van der Waals surface area contributed by atoms with E-state index in [0.717, 1.165) is 0 Å². The molecule has 1 fully saturated rings. The van der Waals surface area contributed by atoms with E-state index in [9.17, 15) is 18.0 Å². The van der Waals surface area contributed by atoms with E-state index in [4.69, 9.17) is 10.9 Å². The van der Waals surface area contributed by atoms with Gasteiger partial charge in [0.15, 0.2) is 0 Å². The minimum Gasteiger partial charge on any atom is -0.397 e. The van der Waals surface area contributed by atoms with E-state index in [-0.39, 0.29) is 17.1 Å². The van der Waals surface area contributed by atoms with Gasteiger partial charge in [0.05, 0.1) is 22.8 Å². The van der Waals surface area contributed by atoms with Gasteiger partial charge in [-0.3, -0.25) is 14.9 Å². The third-order valence-corrected chi connectivity index (χ3v) is 4.19. The number of amides is 2. The molecule has 0 aliphatic carbocycles. The van der Waals surface area contributed by atoms with E-state index in [1.54, 1.807) is 4.90 Å². The SMILES string of the molecule is CCC1C(=O)NC(=O)CN1c1ccc(S(N)(=O)=O)cc1N. The lowest BCUT2D eigenvalue weighted by Crippen LogP contribution is -2.58. The fourth-order valence-electron chi connectivity index (χ4n) is 2.30. The van der Waals surface area contributed by atoms with Crippen LogP contribution in [-0.4, -0.2) is 32.8 Å². The van der Waals surface area contributed by atoms with Crippen LogP contribution in [0.3, 0.4) is 0 Å². The van der Waals surface area contributed by atoms with Crippen molar-refractivity contribution in [2.24, 2.45) is 5.14 Å². The monoisotopic (exact) mass is 312 g/mol. The van der Waals surface area contributed by atoms with E-state index in [2.05, 4.69) is 5.32 Å². The third-order valence-electron chi connectivity index (χ3n) is 3.28. The molecule has 1 aromatic rings. The maximum absolute atomic E-state index is 11.8. The van der Waals surface area contributed by atoms with Crippen molar-refractivity contribution >= 4 is 33.2 Å². The van der Waals surface area contributed by atoms with Crippen LogP contribution in [0.15, 0.2) is 23.1 Å². The Hall–Kier alpha value is -2.13. The summed E-state index contributed by atoms with van der Waals surface area (Å²) in [4.78, 5) is 24.8. The number of nitrogens with one attached hydrogen (secondary N) is 1. The van der Waals surface area contributed by atoms with E-state index in [1.807, 2.05) is 6.92 Å². The highest BCUT2D eigenvalue weighted by Gasteiger charge is 2.33. The van der Waals surface area contributed by atoms with Gasteiger partial charge in [0, 0.05) is 0 Å². The Morgan fingerprint density at radius 1 is 1.38 bits per heavy atom. The van der Waals surface area contributed by atoms with Crippen LogP contribution in [0.2, 0.25) is 0 Å². The lowest BCUT2D eigenvalue weighted by Gasteiger charge is -2.35. The Balaban J connectivity index is 2.45. The molecular weight excluding hydrogens is 296 g/mol. The summed E-state index contributed by atoms with van der Waals surface area (Å²) in [5.74, 6) is -0.830. The van der Waals surface area contributed by atoms with Gasteiger partial charge in [-0.25, -0.2) is 13.6 Å². The zero-order valence-electron chi connectivity index (χ0n) is 11.4. The van der Waals surface area contributed by atoms with Gasteiger partial charge in [0.2, 0.25) is 21.8 Å². The van der Waals surface area contributed by atoms with Crippen molar-refractivity contribution in [3.8, 4) is 0 Å². The fourth-order valence-corrected chi connectivity index (χ4v) is 2.85. The zero-order valence-corrected chi connectivity index (χ0v) is 12.2. The largest absolute Gasteiger partial charge is 0.397 e. The normalized spacial score (nSPS) is 19.5. The molecule has 2 rings (SSSR count). The van der Waals surface area contributed by atoms with Crippen LogP contribution < -0.4 is 21.1 Å². The van der Waals surface area contributed by atoms with Crippen LogP contribution >= 0.6 is 0 Å². The summed E-state index contributed by atoms with van der Waals surface area (Å²) in [7, 11) is -3.86. The van der Waals surface area contributed by atoms with Gasteiger partial charge in [0.1, 0.15) is 6.04 Å². The van der Waals surface area contributed by atoms with Gasteiger partial charge < -0.3 is 10.6 Å². The van der Waals surface area contributed by atoms with Crippen LogP contribution in [0.25, 0.3) is 0 Å². The standard InChI is InChI=1S/C12H16N4O4S/c1-2-9-12(18)15-11(17)6-16(9)10-4-3-7(5-8(10)13)21(14,19)20/h3-5,9H,2,6,13H2,1H3,(H2,14,19,20)(H,15,17,18). The Morgan fingerprint density at radius 2 is 2.05 bits per heavy atom. The zero-order chi connectivity index (χ0) is 15.8. The molecule has 0 radical (unpaired) electrons. The number of carbonyl (C=O) groups excluding carboxylic acids is 2. The van der Waals surface area contributed by atoms with Crippen molar-refractivity contribution < 1.29 is 18.0 Å². The summed E-state index contributed by atoms with van der Waals surface area (Å²) in [5.41, 5.74) is 6.42. The Morgan fingerprint density at radius 3 is 2.57 bits per heavy atom. The smallest absolute Gasteiger partial charge is 0.249 e. The molecule has 21 heavy (non-hydrogen) atoms. The average Bonchev–Trinajstić information content (AvgIpc) is 2.36. The number of imide groups is 1. The first-order valence-electron chi connectivity index (χ1n) is 6.26. The van der Waals surface area contributed by atoms with Gasteiger partial charge in [-0.15, -0.1) is 0 Å². The first kappa shape index (κ1) is 15.3. The summed E-state index contributed by atoms with van der Waals surface area (Å²) in [6.07, 6.45) is 0.482. The quantitative estimate of drug-likeness (QED) is 0.492. The summed E-state index contributed by atoms with van der Waals surface area (Å²) in [6, 6.07) is 3.42. The average molecular weight is 312 g/mol. The predicted octanol–water partition coefficient (Wildman–Crippen LogP) is -0.842. The molecule has 1 aromatic carbocycles. The Bertz CT molecular complexity index is 701. The third kappa shape index (κ3) is 2.98. The van der Waals surface area contributed by atoms with E-state index in [0.29, 0.717) is 12.1 Å². The van der Waals surface area contributed by atoms with Crippen molar-refractivity contribution in [1.29, 1.82) is 0 Å². The van der Waals surface area contributed by atoms with Crippen LogP contribution in [0.4, 0.5) is 11.4 Å². The minimum absolute atomic E-state index is 0.0246. The fraction of sp³-hybridized carbons (Fsp3) is 0.333. The molecule has 0 aromatic heterocycles. The number of nitrogens with zero attached hydrogens (tertiary/aromatic N) is 1. The molecular formula is C12H16N4O4S. The van der Waals surface area contributed by atoms with Crippen molar-refractivity contribution in [2.45, 2.75) is 24.3 Å². The number of piperazine rings is 1. The molecule has 1 saturated heterocycles. The number of benzene rings is 1. The molecule has 1 atom stereocenters. The highest BCUT2D eigenvalue weighted by molar-refractivity contribution is 7.89. The molecule has 0 spiro atoms. The highest BCUT2D eigenvalue weighted by Crippen LogP contribution is 2.29. The molecule has 2 amide bonds. The van der Waals surface area contributed by atoms with Crippen molar-refractivity contribution in [3.05, 3.63) is 18.2 Å². The number of rotatable bonds is 3. The van der Waals surface area contributed by atoms with Crippen LogP contribution in [-0.2, 0) is 19.6 Å². The van der Waals surface area contributed by atoms with Gasteiger partial charge in [-0.1, -0.05) is 6.92 Å². The molecule has 5 N–H and O–H groups in total. The second-order valence-corrected chi connectivity index (χ2v) is 6.29. The number of carbonyl (C=O) groups is 2. The van der Waals surface area contributed by atoms with Gasteiger partial charge >= 0.3 is 0 Å². The Labute approximate surface area is 122 Å². The number of anilines is 2. The molecule has 1 heterocycles. The second-order valence-electron chi connectivity index (χ2n) is 4.73. The summed E-state index contributed by atoms with van der Waals surface area (Å²) in [5, 5.41) is 7.30. The minimum atomic E-state index is -3.86. The summed E-state index contributed by atoms with van der Waals surface area (Å²) < 4.78 is 22.6. The van der Waals surface area contributed by atoms with Crippen LogP contribution in [0.5, 0.6) is 0 Å². The second kappa shape index (κ2) is 5.34. The maximum atomic E-state index is 11.8. The van der Waals surface area contributed by atoms with Gasteiger partial charge in [0.25, 0.3) is 0 Å². The predicted molar refractivity (Wildman–Crippen MR) is 76.8 cm³/mol. The topological polar surface area (TPSA) is 136 Å². The van der Waals surface area contributed by atoms with Crippen LogP contribution in [0, 0.1) is 0 Å². The molecule has 8 nitrogen and oxygen atoms in total. The molecule has 1 aliphatic heterocycles. The number of nitrogen functional groups attached to an aromatic ring is 1. The van der Waals surface area contributed by atoms with Crippen molar-refractivity contribution in [1.82, 2.24) is 5.32 Å². The van der Waals surface area contributed by atoms with Crippen molar-refractivity contribution in [2.75, 3.05) is 17.2 Å². The lowest BCUT2D eigenvalue weighted by atomic mass is 10.1. The first-order chi connectivity index (χ1) is 9.74. The number of hydrogen-bond acceptors (Lipinski definition) is 6. The molecule has 114 valence electrons. The molecule has 1 unspecified atom stereocenters. The number of primary sulfonamides is 1. The summed E-state index contributed by atoms with van der Waals surface area (Å²) in [6.45, 7) is 1.78. The van der Waals surface area contributed by atoms with E-state index < -0.39 is 27.9 Å².